The number of nitrogens with one attached hydrogen (secondary N) is 1. The topological polar surface area (TPSA) is 138 Å². The van der Waals surface area contributed by atoms with Gasteiger partial charge in [0.05, 0.1) is 19.8 Å². The molecule has 1 aliphatic heterocycles. The van der Waals surface area contributed by atoms with Crippen LogP contribution in [0.4, 0.5) is 0 Å². The van der Waals surface area contributed by atoms with E-state index >= 15 is 0 Å². The summed E-state index contributed by atoms with van der Waals surface area (Å²) in [5.41, 5.74) is 0. The quantitative estimate of drug-likeness (QED) is 0.306. The molecule has 0 aromatic carbocycles. The number of carbonyl (C=O) groups is 1. The molecule has 5 atom stereocenters. The fourth-order valence-electron chi connectivity index (χ4n) is 1.67. The van der Waals surface area contributed by atoms with Crippen LogP contribution in [0.5, 0.6) is 0 Å². The summed E-state index contributed by atoms with van der Waals surface area (Å²) >= 11 is 0. The molecule has 9 heteroatoms. The number of hydrogen-bond donors (Lipinski definition) is 5. The molecule has 0 aliphatic carbocycles. The molecule has 0 bridgehead atoms. The van der Waals surface area contributed by atoms with Gasteiger partial charge >= 0.3 is 0 Å². The van der Waals surface area contributed by atoms with Gasteiger partial charge in [0.25, 0.3) is 5.91 Å². The van der Waals surface area contributed by atoms with Crippen LogP contribution in [0.15, 0.2) is 0 Å². The summed E-state index contributed by atoms with van der Waals surface area (Å²) in [6.07, 6.45) is -8.13. The summed E-state index contributed by atoms with van der Waals surface area (Å²) in [6, 6.07) is 0. The van der Waals surface area contributed by atoms with Gasteiger partial charge in [-0.1, -0.05) is 0 Å². The van der Waals surface area contributed by atoms with E-state index < -0.39 is 36.6 Å². The Morgan fingerprint density at radius 2 is 1.80 bits per heavy atom. The molecular formula is C11H21NO8. The Labute approximate surface area is 116 Å². The molecule has 1 amide bonds. The van der Waals surface area contributed by atoms with Crippen LogP contribution in [0.1, 0.15) is 0 Å². The van der Waals surface area contributed by atoms with E-state index in [1.165, 1.54) is 7.11 Å². The summed E-state index contributed by atoms with van der Waals surface area (Å²) < 4.78 is 14.6. The van der Waals surface area contributed by atoms with E-state index in [2.05, 4.69) is 5.32 Å². The van der Waals surface area contributed by atoms with Crippen molar-refractivity contribution in [2.75, 3.05) is 33.5 Å². The zero-order valence-corrected chi connectivity index (χ0v) is 11.1. The number of aliphatic hydroxyl groups excluding tert-OH is 4. The first-order valence-corrected chi connectivity index (χ1v) is 6.21. The predicted molar refractivity (Wildman–Crippen MR) is 64.6 cm³/mol. The maximum atomic E-state index is 11.7. The minimum absolute atomic E-state index is 0.171. The molecule has 1 rings (SSSR count). The highest BCUT2D eigenvalue weighted by molar-refractivity contribution is 5.81. The Morgan fingerprint density at radius 3 is 2.45 bits per heavy atom. The van der Waals surface area contributed by atoms with E-state index in [1.54, 1.807) is 0 Å². The molecule has 20 heavy (non-hydrogen) atoms. The second-order valence-electron chi connectivity index (χ2n) is 4.32. The largest absolute Gasteiger partial charge is 0.387 e. The molecule has 1 fully saturated rings. The summed E-state index contributed by atoms with van der Waals surface area (Å²) in [7, 11) is 1.54. The number of methoxy groups -OCH3 is 1. The van der Waals surface area contributed by atoms with Gasteiger partial charge in [-0.05, 0) is 0 Å². The molecule has 1 aliphatic rings. The lowest BCUT2D eigenvalue weighted by molar-refractivity contribution is -0.275. The molecule has 0 aromatic rings. The average Bonchev–Trinajstić information content (AvgIpc) is 2.44. The number of carbonyl (C=O) groups excluding carboxylic acids is 1. The van der Waals surface area contributed by atoms with Gasteiger partial charge in [0.1, 0.15) is 18.3 Å². The summed E-state index contributed by atoms with van der Waals surface area (Å²) in [5, 5.41) is 40.0. The molecule has 0 saturated carbocycles. The first-order chi connectivity index (χ1) is 9.49. The van der Waals surface area contributed by atoms with Crippen molar-refractivity contribution in [2.45, 2.75) is 30.7 Å². The van der Waals surface area contributed by atoms with E-state index in [0.717, 1.165) is 0 Å². The zero-order valence-electron chi connectivity index (χ0n) is 11.1. The average molecular weight is 295 g/mol. The maximum absolute atomic E-state index is 11.7. The van der Waals surface area contributed by atoms with Crippen molar-refractivity contribution < 1.29 is 39.4 Å². The highest BCUT2D eigenvalue weighted by atomic mass is 16.6. The second-order valence-corrected chi connectivity index (χ2v) is 4.32. The predicted octanol–water partition coefficient (Wildman–Crippen LogP) is -3.43. The van der Waals surface area contributed by atoms with Gasteiger partial charge in [0.2, 0.25) is 0 Å². The zero-order chi connectivity index (χ0) is 15.1. The molecule has 0 spiro atoms. The number of ether oxygens (including phenoxy) is 3. The Balaban J connectivity index is 2.32. The van der Waals surface area contributed by atoms with E-state index in [1.807, 2.05) is 0 Å². The van der Waals surface area contributed by atoms with Crippen molar-refractivity contribution in [1.82, 2.24) is 5.32 Å². The van der Waals surface area contributed by atoms with E-state index in [-0.39, 0.29) is 13.2 Å². The third-order valence-electron chi connectivity index (χ3n) is 2.82. The fraction of sp³-hybridized carbons (Fsp3) is 0.909. The Hall–Kier alpha value is -0.810. The molecule has 1 saturated heterocycles. The van der Waals surface area contributed by atoms with Crippen molar-refractivity contribution in [3.8, 4) is 0 Å². The van der Waals surface area contributed by atoms with Crippen molar-refractivity contribution >= 4 is 5.91 Å². The number of amides is 1. The number of hydrogen-bond acceptors (Lipinski definition) is 8. The molecule has 0 radical (unpaired) electrons. The molecule has 5 N–H and O–H groups in total. The van der Waals surface area contributed by atoms with Crippen molar-refractivity contribution in [3.63, 3.8) is 0 Å². The van der Waals surface area contributed by atoms with Gasteiger partial charge in [0, 0.05) is 13.7 Å². The lowest BCUT2D eigenvalue weighted by Crippen LogP contribution is -2.61. The fourth-order valence-corrected chi connectivity index (χ4v) is 1.67. The highest BCUT2D eigenvalue weighted by Gasteiger charge is 2.45. The van der Waals surface area contributed by atoms with E-state index in [9.17, 15) is 25.2 Å². The maximum Gasteiger partial charge on any atom is 0.252 e. The Bertz CT molecular complexity index is 302. The summed E-state index contributed by atoms with van der Waals surface area (Å²) in [5.74, 6) is -0.710. The molecular weight excluding hydrogens is 274 g/mol. The normalized spacial score (nSPS) is 34.0. The highest BCUT2D eigenvalue weighted by Crippen LogP contribution is 2.19. The smallest absolute Gasteiger partial charge is 0.252 e. The monoisotopic (exact) mass is 295 g/mol. The third kappa shape index (κ3) is 4.63. The number of rotatable bonds is 7. The van der Waals surface area contributed by atoms with Gasteiger partial charge in [0.15, 0.2) is 12.4 Å². The van der Waals surface area contributed by atoms with Crippen LogP contribution in [0, 0.1) is 0 Å². The molecule has 9 nitrogen and oxygen atoms in total. The molecule has 0 aromatic heterocycles. The van der Waals surface area contributed by atoms with Crippen LogP contribution in [0.3, 0.4) is 0 Å². The summed E-state index contributed by atoms with van der Waals surface area (Å²) in [6.45, 7) is 1.24. The van der Waals surface area contributed by atoms with Crippen LogP contribution >= 0.6 is 0 Å². The van der Waals surface area contributed by atoms with Gasteiger partial charge in [-0.15, -0.1) is 0 Å². The Kier molecular flexibility index (Phi) is 7.30. The number of aliphatic hydroxyl groups is 4. The lowest BCUT2D eigenvalue weighted by atomic mass is 9.98. The minimum atomic E-state index is -1.73. The lowest BCUT2D eigenvalue weighted by Gasteiger charge is -2.37. The van der Waals surface area contributed by atoms with Crippen LogP contribution in [0.2, 0.25) is 0 Å². The van der Waals surface area contributed by atoms with Crippen LogP contribution in [-0.2, 0) is 19.0 Å². The second kappa shape index (κ2) is 8.47. The van der Waals surface area contributed by atoms with Crippen LogP contribution in [-0.4, -0.2) is 90.5 Å². The molecule has 118 valence electrons. The third-order valence-corrected chi connectivity index (χ3v) is 2.82. The SMILES string of the molecule is COCCOCCNC(=O)C1OC(O)C(O)[C@@H](O)[C@H]1O. The first kappa shape index (κ1) is 17.2. The van der Waals surface area contributed by atoms with E-state index in [0.29, 0.717) is 13.2 Å². The van der Waals surface area contributed by atoms with Crippen LogP contribution < -0.4 is 5.32 Å². The summed E-state index contributed by atoms with van der Waals surface area (Å²) in [4.78, 5) is 11.7. The van der Waals surface area contributed by atoms with Gasteiger partial charge < -0.3 is 40.0 Å². The van der Waals surface area contributed by atoms with Crippen LogP contribution in [0.25, 0.3) is 0 Å². The van der Waals surface area contributed by atoms with E-state index in [4.69, 9.17) is 14.2 Å². The minimum Gasteiger partial charge on any atom is -0.387 e. The molecule has 3 unspecified atom stereocenters. The molecule has 1 heterocycles. The van der Waals surface area contributed by atoms with Crippen molar-refractivity contribution in [2.24, 2.45) is 0 Å². The first-order valence-electron chi connectivity index (χ1n) is 6.21. The standard InChI is InChI=1S/C11H21NO8/c1-18-4-5-19-3-2-12-10(16)9-7(14)6(13)8(15)11(17)20-9/h6-9,11,13-15,17H,2-5H2,1H3,(H,12,16)/t6-,7+,8?,9?,11?/m0/s1. The Morgan fingerprint density at radius 1 is 1.10 bits per heavy atom. The van der Waals surface area contributed by atoms with Crippen molar-refractivity contribution in [3.05, 3.63) is 0 Å². The van der Waals surface area contributed by atoms with Gasteiger partial charge in [-0.25, -0.2) is 0 Å². The van der Waals surface area contributed by atoms with Gasteiger partial charge in [-0.2, -0.15) is 0 Å². The van der Waals surface area contributed by atoms with Crippen molar-refractivity contribution in [1.29, 1.82) is 0 Å². The van der Waals surface area contributed by atoms with Gasteiger partial charge in [-0.3, -0.25) is 4.79 Å².